The number of hydrogen-bond acceptors (Lipinski definition) is 1. The third-order valence-electron chi connectivity index (χ3n) is 3.10. The van der Waals surface area contributed by atoms with Gasteiger partial charge in [0.25, 0.3) is 0 Å². The molecule has 0 bridgehead atoms. The Morgan fingerprint density at radius 3 is 2.61 bits per heavy atom. The van der Waals surface area contributed by atoms with E-state index in [2.05, 4.69) is 61.1 Å². The van der Waals surface area contributed by atoms with Gasteiger partial charge in [-0.1, -0.05) is 54.4 Å². The van der Waals surface area contributed by atoms with Crippen LogP contribution in [0.1, 0.15) is 39.7 Å². The first kappa shape index (κ1) is 16.0. The van der Waals surface area contributed by atoms with Gasteiger partial charge in [0, 0.05) is 15.5 Å². The molecular formula is C15H23BrClN. The zero-order chi connectivity index (χ0) is 13.8. The molecule has 0 amide bonds. The summed E-state index contributed by atoms with van der Waals surface area (Å²) in [5.74, 6) is 0. The number of hydrogen-bond donors (Lipinski definition) is 1. The molecule has 0 aliphatic carbocycles. The first-order valence-electron chi connectivity index (χ1n) is 6.51. The zero-order valence-electron chi connectivity index (χ0n) is 11.7. The van der Waals surface area contributed by atoms with Crippen molar-refractivity contribution in [2.45, 2.75) is 46.6 Å². The molecule has 0 heterocycles. The van der Waals surface area contributed by atoms with E-state index in [1.807, 2.05) is 6.07 Å². The van der Waals surface area contributed by atoms with E-state index in [-0.39, 0.29) is 5.41 Å². The van der Waals surface area contributed by atoms with E-state index < -0.39 is 0 Å². The maximum Gasteiger partial charge on any atom is 0.0449 e. The first-order chi connectivity index (χ1) is 8.34. The molecule has 1 unspecified atom stereocenters. The average molecular weight is 333 g/mol. The average Bonchev–Trinajstić information content (AvgIpc) is 2.21. The summed E-state index contributed by atoms with van der Waals surface area (Å²) in [6.45, 7) is 10.0. The molecule has 1 atom stereocenters. The predicted molar refractivity (Wildman–Crippen MR) is 84.4 cm³/mol. The van der Waals surface area contributed by atoms with Crippen molar-refractivity contribution in [1.29, 1.82) is 0 Å². The molecule has 0 aliphatic heterocycles. The van der Waals surface area contributed by atoms with Crippen LogP contribution >= 0.6 is 27.5 Å². The zero-order valence-corrected chi connectivity index (χ0v) is 14.0. The fraction of sp³-hybridized carbons (Fsp3) is 0.600. The Balaban J connectivity index is 2.69. The Morgan fingerprint density at radius 2 is 2.06 bits per heavy atom. The van der Waals surface area contributed by atoms with Crippen LogP contribution in [-0.2, 0) is 6.42 Å². The van der Waals surface area contributed by atoms with Gasteiger partial charge in [-0.2, -0.15) is 0 Å². The van der Waals surface area contributed by atoms with Gasteiger partial charge in [0.05, 0.1) is 0 Å². The summed E-state index contributed by atoms with van der Waals surface area (Å²) >= 11 is 9.73. The molecule has 0 spiro atoms. The van der Waals surface area contributed by atoms with Gasteiger partial charge in [0.15, 0.2) is 0 Å². The molecular weight excluding hydrogens is 310 g/mol. The Bertz CT molecular complexity index is 390. The molecule has 1 nitrogen and oxygen atoms in total. The van der Waals surface area contributed by atoms with Crippen LogP contribution in [0.2, 0.25) is 5.02 Å². The van der Waals surface area contributed by atoms with E-state index in [9.17, 15) is 0 Å². The van der Waals surface area contributed by atoms with Gasteiger partial charge in [-0.3, -0.25) is 0 Å². The van der Waals surface area contributed by atoms with E-state index in [0.717, 1.165) is 28.9 Å². The minimum atomic E-state index is 0.249. The van der Waals surface area contributed by atoms with Gasteiger partial charge in [-0.15, -0.1) is 0 Å². The highest BCUT2D eigenvalue weighted by molar-refractivity contribution is 9.10. The van der Waals surface area contributed by atoms with Gasteiger partial charge < -0.3 is 5.32 Å². The molecule has 18 heavy (non-hydrogen) atoms. The molecule has 0 aromatic heterocycles. The number of rotatable bonds is 6. The standard InChI is InChI=1S/C15H23BrClN/c1-5-18-11(2)9-15(3,4)10-12-6-7-13(16)8-14(12)17/h6-8,11,18H,5,9-10H2,1-4H3. The van der Waals surface area contributed by atoms with E-state index in [0.29, 0.717) is 6.04 Å². The number of benzene rings is 1. The summed E-state index contributed by atoms with van der Waals surface area (Å²) in [5.41, 5.74) is 1.48. The Kier molecular flexibility index (Phi) is 6.16. The van der Waals surface area contributed by atoms with Gasteiger partial charge in [-0.05, 0) is 49.4 Å². The molecule has 0 aliphatic rings. The fourth-order valence-electron chi connectivity index (χ4n) is 2.50. The second kappa shape index (κ2) is 6.93. The summed E-state index contributed by atoms with van der Waals surface area (Å²) in [5, 5.41) is 4.33. The van der Waals surface area contributed by atoms with Crippen LogP contribution in [0.3, 0.4) is 0 Å². The van der Waals surface area contributed by atoms with Crippen molar-refractivity contribution in [2.24, 2.45) is 5.41 Å². The minimum absolute atomic E-state index is 0.249. The van der Waals surface area contributed by atoms with Gasteiger partial charge in [0.1, 0.15) is 0 Å². The van der Waals surface area contributed by atoms with Gasteiger partial charge in [0.2, 0.25) is 0 Å². The van der Waals surface area contributed by atoms with Gasteiger partial charge >= 0.3 is 0 Å². The molecule has 0 fully saturated rings. The predicted octanol–water partition coefficient (Wildman–Crippen LogP) is 5.06. The first-order valence-corrected chi connectivity index (χ1v) is 7.68. The van der Waals surface area contributed by atoms with Crippen molar-refractivity contribution >= 4 is 27.5 Å². The van der Waals surface area contributed by atoms with E-state index in [1.165, 1.54) is 5.56 Å². The van der Waals surface area contributed by atoms with Crippen LogP contribution in [0.4, 0.5) is 0 Å². The molecule has 0 saturated carbocycles. The molecule has 1 rings (SSSR count). The van der Waals surface area contributed by atoms with E-state index in [4.69, 9.17) is 11.6 Å². The van der Waals surface area contributed by atoms with Crippen molar-refractivity contribution in [3.63, 3.8) is 0 Å². The molecule has 3 heteroatoms. The van der Waals surface area contributed by atoms with Crippen molar-refractivity contribution in [3.05, 3.63) is 33.3 Å². The second-order valence-corrected chi connectivity index (χ2v) is 7.06. The number of halogens is 2. The molecule has 1 aromatic rings. The summed E-state index contributed by atoms with van der Waals surface area (Å²) in [6, 6.07) is 6.69. The lowest BCUT2D eigenvalue weighted by Crippen LogP contribution is -2.32. The highest BCUT2D eigenvalue weighted by atomic mass is 79.9. The molecule has 102 valence electrons. The van der Waals surface area contributed by atoms with Crippen molar-refractivity contribution in [3.8, 4) is 0 Å². The normalized spacial score (nSPS) is 13.7. The largest absolute Gasteiger partial charge is 0.315 e. The highest BCUT2D eigenvalue weighted by Gasteiger charge is 2.22. The lowest BCUT2D eigenvalue weighted by Gasteiger charge is -2.29. The smallest absolute Gasteiger partial charge is 0.0449 e. The monoisotopic (exact) mass is 331 g/mol. The van der Waals surface area contributed by atoms with Crippen LogP contribution in [0, 0.1) is 5.41 Å². The fourth-order valence-corrected chi connectivity index (χ4v) is 3.24. The number of nitrogens with one attached hydrogen (secondary N) is 1. The quantitative estimate of drug-likeness (QED) is 0.768. The van der Waals surface area contributed by atoms with Crippen molar-refractivity contribution in [1.82, 2.24) is 5.32 Å². The lowest BCUT2D eigenvalue weighted by atomic mass is 9.80. The van der Waals surface area contributed by atoms with Crippen molar-refractivity contribution in [2.75, 3.05) is 6.54 Å². The van der Waals surface area contributed by atoms with Crippen LogP contribution in [0.15, 0.2) is 22.7 Å². The SMILES string of the molecule is CCNC(C)CC(C)(C)Cc1ccc(Br)cc1Cl. The molecule has 1 aromatic carbocycles. The maximum absolute atomic E-state index is 6.29. The van der Waals surface area contributed by atoms with E-state index in [1.54, 1.807) is 0 Å². The van der Waals surface area contributed by atoms with Crippen LogP contribution < -0.4 is 5.32 Å². The summed E-state index contributed by atoms with van der Waals surface area (Å²) in [6.07, 6.45) is 2.15. The third kappa shape index (κ3) is 5.29. The lowest BCUT2D eigenvalue weighted by molar-refractivity contribution is 0.289. The van der Waals surface area contributed by atoms with Crippen LogP contribution in [0.5, 0.6) is 0 Å². The maximum atomic E-state index is 6.29. The van der Waals surface area contributed by atoms with Crippen molar-refractivity contribution < 1.29 is 0 Å². The Morgan fingerprint density at radius 1 is 1.39 bits per heavy atom. The molecule has 0 saturated heterocycles. The molecule has 1 N–H and O–H groups in total. The van der Waals surface area contributed by atoms with Gasteiger partial charge in [-0.25, -0.2) is 0 Å². The van der Waals surface area contributed by atoms with Crippen LogP contribution in [-0.4, -0.2) is 12.6 Å². The topological polar surface area (TPSA) is 12.0 Å². The molecule has 0 radical (unpaired) electrons. The van der Waals surface area contributed by atoms with Crippen LogP contribution in [0.25, 0.3) is 0 Å². The van der Waals surface area contributed by atoms with E-state index >= 15 is 0 Å². The summed E-state index contributed by atoms with van der Waals surface area (Å²) < 4.78 is 1.04. The minimum Gasteiger partial charge on any atom is -0.315 e. The Labute approximate surface area is 124 Å². The highest BCUT2D eigenvalue weighted by Crippen LogP contribution is 2.31. The Hall–Kier alpha value is -0.0500. The second-order valence-electron chi connectivity index (χ2n) is 5.74. The third-order valence-corrected chi connectivity index (χ3v) is 3.94. The summed E-state index contributed by atoms with van der Waals surface area (Å²) in [4.78, 5) is 0. The summed E-state index contributed by atoms with van der Waals surface area (Å²) in [7, 11) is 0.